The van der Waals surface area contributed by atoms with E-state index in [2.05, 4.69) is 26.2 Å². The van der Waals surface area contributed by atoms with Crippen molar-refractivity contribution in [3.8, 4) is 5.75 Å². The number of nitrogens with zero attached hydrogens (tertiary/aromatic N) is 3. The smallest absolute Gasteiger partial charge is 0.437 e. The summed E-state index contributed by atoms with van der Waals surface area (Å²) >= 11 is 3.49. The zero-order valence-electron chi connectivity index (χ0n) is 16.3. The molecule has 0 radical (unpaired) electrons. The summed E-state index contributed by atoms with van der Waals surface area (Å²) in [7, 11) is 1.80. The van der Waals surface area contributed by atoms with Gasteiger partial charge in [-0.3, -0.25) is 4.79 Å². The molecule has 0 saturated carbocycles. The van der Waals surface area contributed by atoms with Gasteiger partial charge in [0, 0.05) is 19.4 Å². The van der Waals surface area contributed by atoms with Crippen LogP contribution in [0.4, 0.5) is 4.79 Å². The van der Waals surface area contributed by atoms with Crippen molar-refractivity contribution in [1.29, 1.82) is 0 Å². The molecule has 1 aliphatic rings. The molecular weight excluding hydrogens is 428 g/mol. The van der Waals surface area contributed by atoms with Crippen LogP contribution in [0.1, 0.15) is 36.7 Å². The molecule has 0 unspecified atom stereocenters. The fraction of sp³-hybridized carbons (Fsp3) is 0.421. The van der Waals surface area contributed by atoms with Crippen molar-refractivity contribution < 1.29 is 19.1 Å². The second-order valence-corrected chi connectivity index (χ2v) is 8.34. The first-order valence-electron chi connectivity index (χ1n) is 8.87. The van der Waals surface area contributed by atoms with Gasteiger partial charge in [0.1, 0.15) is 18.0 Å². The minimum absolute atomic E-state index is 0.174. The normalized spacial score (nSPS) is 14.8. The Morgan fingerprint density at radius 2 is 2.11 bits per heavy atom. The predicted molar refractivity (Wildman–Crippen MR) is 106 cm³/mol. The third-order valence-electron chi connectivity index (χ3n) is 3.96. The third-order valence-corrected chi connectivity index (χ3v) is 4.55. The molecule has 0 aliphatic carbocycles. The van der Waals surface area contributed by atoms with E-state index in [0.717, 1.165) is 5.56 Å². The van der Waals surface area contributed by atoms with Crippen molar-refractivity contribution >= 4 is 27.9 Å². The number of ether oxygens (including phenoxy) is 2. The second kappa shape index (κ2) is 7.83. The van der Waals surface area contributed by atoms with E-state index in [4.69, 9.17) is 9.47 Å². The minimum atomic E-state index is -0.654. The van der Waals surface area contributed by atoms with E-state index in [1.807, 2.05) is 16.8 Å². The van der Waals surface area contributed by atoms with Gasteiger partial charge in [0.05, 0.1) is 23.1 Å². The molecule has 1 aromatic heterocycles. The van der Waals surface area contributed by atoms with Gasteiger partial charge in [0.25, 0.3) is 5.91 Å². The van der Waals surface area contributed by atoms with Gasteiger partial charge in [0.2, 0.25) is 5.62 Å². The van der Waals surface area contributed by atoms with E-state index in [9.17, 15) is 9.59 Å². The number of hydrogen-bond donors (Lipinski definition) is 1. The van der Waals surface area contributed by atoms with Crippen LogP contribution in [-0.2, 0) is 18.3 Å². The first-order chi connectivity index (χ1) is 13.1. The Balaban J connectivity index is 1.95. The molecule has 8 nitrogen and oxygen atoms in total. The Bertz CT molecular complexity index is 985. The number of hydrogen-bond acceptors (Lipinski definition) is 4. The molecular formula is C19H23BrN4O4. The van der Waals surface area contributed by atoms with Crippen LogP contribution >= 0.6 is 15.9 Å². The van der Waals surface area contributed by atoms with E-state index >= 15 is 0 Å². The molecule has 0 saturated heterocycles. The molecule has 28 heavy (non-hydrogen) atoms. The number of fused-ring (bicyclic) bond motifs is 1. The number of benzene rings is 1. The van der Waals surface area contributed by atoms with Gasteiger partial charge >= 0.3 is 6.09 Å². The molecule has 1 N–H and O–H groups in total. The number of nitrogens with one attached hydrogen (secondary N) is 1. The van der Waals surface area contributed by atoms with Gasteiger partial charge in [-0.1, -0.05) is 0 Å². The Morgan fingerprint density at radius 1 is 1.36 bits per heavy atom. The van der Waals surface area contributed by atoms with Crippen LogP contribution in [-0.4, -0.2) is 39.9 Å². The first-order valence-corrected chi connectivity index (χ1v) is 9.66. The highest BCUT2D eigenvalue weighted by molar-refractivity contribution is 9.10. The van der Waals surface area contributed by atoms with E-state index in [1.165, 1.54) is 0 Å². The molecule has 9 heteroatoms. The van der Waals surface area contributed by atoms with Crippen LogP contribution in [0.3, 0.4) is 0 Å². The average molecular weight is 451 g/mol. The Morgan fingerprint density at radius 3 is 2.82 bits per heavy atom. The molecule has 1 aromatic carbocycles. The lowest BCUT2D eigenvalue weighted by molar-refractivity contribution is 0.0593. The lowest BCUT2D eigenvalue weighted by Crippen LogP contribution is -2.29. The monoisotopic (exact) mass is 450 g/mol. The quantitative estimate of drug-likeness (QED) is 0.761. The number of halogens is 1. The van der Waals surface area contributed by atoms with E-state index in [1.54, 1.807) is 44.6 Å². The number of aryl methyl sites for hydroxylation is 1. The molecule has 3 rings (SSSR count). The zero-order chi connectivity index (χ0) is 20.5. The largest absolute Gasteiger partial charge is 0.490 e. The lowest BCUT2D eigenvalue weighted by Gasteiger charge is -2.17. The summed E-state index contributed by atoms with van der Waals surface area (Å²) in [5.41, 5.74) is 1.17. The topological polar surface area (TPSA) is 86.9 Å². The van der Waals surface area contributed by atoms with Crippen LogP contribution in [0.15, 0.2) is 34.0 Å². The van der Waals surface area contributed by atoms with Crippen molar-refractivity contribution in [2.75, 3.05) is 13.2 Å². The van der Waals surface area contributed by atoms with Crippen molar-refractivity contribution in [3.05, 3.63) is 45.7 Å². The highest BCUT2D eigenvalue weighted by Gasteiger charge is 2.20. The fourth-order valence-electron chi connectivity index (χ4n) is 2.82. The van der Waals surface area contributed by atoms with Crippen molar-refractivity contribution in [1.82, 2.24) is 14.5 Å². The first kappa shape index (κ1) is 20.2. The second-order valence-electron chi connectivity index (χ2n) is 7.49. The average Bonchev–Trinajstić information content (AvgIpc) is 2.79. The maximum Gasteiger partial charge on any atom is 0.437 e. The molecule has 150 valence electrons. The van der Waals surface area contributed by atoms with Gasteiger partial charge in [-0.15, -0.1) is 4.99 Å². The fourth-order valence-corrected chi connectivity index (χ4v) is 3.44. The summed E-state index contributed by atoms with van der Waals surface area (Å²) in [5, 5.41) is 2.81. The lowest BCUT2D eigenvalue weighted by atomic mass is 10.1. The highest BCUT2D eigenvalue weighted by atomic mass is 79.9. The van der Waals surface area contributed by atoms with Crippen LogP contribution in [0.25, 0.3) is 0 Å². The maximum atomic E-state index is 12.3. The SMILES string of the molecule is Cn1ccn(Cc2cc(Br)c3c(c2)C(=O)NCCO3)c1=NC(=O)OC(C)(C)C. The number of carbonyl (C=O) groups excluding carboxylic acids is 2. The van der Waals surface area contributed by atoms with Crippen molar-refractivity contribution in [2.24, 2.45) is 12.0 Å². The van der Waals surface area contributed by atoms with Gasteiger partial charge in [-0.25, -0.2) is 4.79 Å². The molecule has 0 atom stereocenters. The highest BCUT2D eigenvalue weighted by Crippen LogP contribution is 2.32. The van der Waals surface area contributed by atoms with Gasteiger partial charge < -0.3 is 23.9 Å². The van der Waals surface area contributed by atoms with E-state index in [-0.39, 0.29) is 5.91 Å². The van der Waals surface area contributed by atoms with Crippen LogP contribution < -0.4 is 15.7 Å². The number of aromatic nitrogens is 2. The van der Waals surface area contributed by atoms with Gasteiger partial charge in [0.15, 0.2) is 0 Å². The van der Waals surface area contributed by atoms with Crippen molar-refractivity contribution in [3.63, 3.8) is 0 Å². The maximum absolute atomic E-state index is 12.3. The number of rotatable bonds is 2. The summed E-state index contributed by atoms with van der Waals surface area (Å²) < 4.78 is 15.2. The minimum Gasteiger partial charge on any atom is -0.490 e. The Kier molecular flexibility index (Phi) is 5.64. The number of carbonyl (C=O) groups is 2. The summed E-state index contributed by atoms with van der Waals surface area (Å²) in [6.45, 7) is 6.67. The standard InChI is InChI=1S/C19H23BrN4O4/c1-19(2,3)28-18(26)22-17-23(4)6-7-24(17)11-12-9-13-15(14(20)10-12)27-8-5-21-16(13)25/h6-7,9-10H,5,8,11H2,1-4H3,(H,21,25). The van der Waals surface area contributed by atoms with Crippen LogP contribution in [0, 0.1) is 0 Å². The molecule has 2 heterocycles. The zero-order valence-corrected chi connectivity index (χ0v) is 17.9. The predicted octanol–water partition coefficient (Wildman–Crippen LogP) is 2.60. The molecule has 0 fully saturated rings. The molecule has 0 spiro atoms. The van der Waals surface area contributed by atoms with Crippen LogP contribution in [0.2, 0.25) is 0 Å². The number of amides is 2. The van der Waals surface area contributed by atoms with E-state index < -0.39 is 11.7 Å². The Hall–Kier alpha value is -2.55. The summed E-state index contributed by atoms with van der Waals surface area (Å²) in [4.78, 5) is 28.5. The van der Waals surface area contributed by atoms with Gasteiger partial charge in [-0.2, -0.15) is 0 Å². The van der Waals surface area contributed by atoms with Gasteiger partial charge in [-0.05, 0) is 54.4 Å². The molecule has 2 aromatic rings. The summed E-state index contributed by atoms with van der Waals surface area (Å²) in [6, 6.07) is 3.69. The molecule has 1 aliphatic heterocycles. The van der Waals surface area contributed by atoms with Crippen molar-refractivity contribution in [2.45, 2.75) is 32.9 Å². The number of imidazole rings is 1. The third kappa shape index (κ3) is 4.64. The summed E-state index contributed by atoms with van der Waals surface area (Å²) in [6.07, 6.45) is 2.97. The molecule has 0 bridgehead atoms. The Labute approximate surface area is 171 Å². The summed E-state index contributed by atoms with van der Waals surface area (Å²) in [5.74, 6) is 0.363. The molecule has 2 amide bonds. The van der Waals surface area contributed by atoms with Crippen LogP contribution in [0.5, 0.6) is 5.75 Å². The van der Waals surface area contributed by atoms with E-state index in [0.29, 0.717) is 41.1 Å².